The van der Waals surface area contributed by atoms with Gasteiger partial charge in [0, 0.05) is 24.6 Å². The molecule has 0 unspecified atom stereocenters. The highest BCUT2D eigenvalue weighted by Crippen LogP contribution is 2.25. The van der Waals surface area contributed by atoms with Crippen LogP contribution in [0.5, 0.6) is 0 Å². The molecule has 0 saturated carbocycles. The summed E-state index contributed by atoms with van der Waals surface area (Å²) in [5.74, 6) is 1.48. The molecule has 2 aromatic carbocycles. The third kappa shape index (κ3) is 2.88. The fraction of sp³-hybridized carbons (Fsp3) is 0.158. The highest BCUT2D eigenvalue weighted by molar-refractivity contribution is 5.62. The van der Waals surface area contributed by atoms with Crippen LogP contribution in [0.3, 0.4) is 0 Å². The molecule has 4 nitrogen and oxygen atoms in total. The minimum absolute atomic E-state index is 0.613. The number of fused-ring (bicyclic) bond motifs is 6. The number of anilines is 4. The van der Waals surface area contributed by atoms with E-state index in [-0.39, 0.29) is 0 Å². The first kappa shape index (κ1) is 13.8. The molecule has 0 amide bonds. The van der Waals surface area contributed by atoms with Gasteiger partial charge in [-0.25, -0.2) is 4.98 Å². The SMILES string of the molecule is CN1c2cccc(c2)CCc2cccc(c2)Nc2nccc1n2. The topological polar surface area (TPSA) is 41.0 Å². The van der Waals surface area contributed by atoms with Crippen LogP contribution < -0.4 is 10.2 Å². The van der Waals surface area contributed by atoms with Gasteiger partial charge in [-0.3, -0.25) is 0 Å². The number of benzene rings is 2. The zero-order chi connectivity index (χ0) is 15.6. The predicted molar refractivity (Wildman–Crippen MR) is 93.7 cm³/mol. The zero-order valence-corrected chi connectivity index (χ0v) is 13.0. The molecule has 1 aliphatic rings. The number of hydrogen-bond donors (Lipinski definition) is 1. The quantitative estimate of drug-likeness (QED) is 0.679. The lowest BCUT2D eigenvalue weighted by molar-refractivity contribution is 0.959. The van der Waals surface area contributed by atoms with Gasteiger partial charge in [-0.2, -0.15) is 4.98 Å². The van der Waals surface area contributed by atoms with Gasteiger partial charge in [0.1, 0.15) is 5.82 Å². The van der Waals surface area contributed by atoms with E-state index < -0.39 is 0 Å². The normalized spacial score (nSPS) is 13.3. The lowest BCUT2D eigenvalue weighted by Crippen LogP contribution is -2.12. The van der Waals surface area contributed by atoms with Gasteiger partial charge in [-0.1, -0.05) is 24.3 Å². The van der Waals surface area contributed by atoms with Gasteiger partial charge < -0.3 is 10.2 Å². The Hall–Kier alpha value is -2.88. The fourth-order valence-electron chi connectivity index (χ4n) is 2.87. The first-order chi connectivity index (χ1) is 11.3. The monoisotopic (exact) mass is 302 g/mol. The first-order valence-electron chi connectivity index (χ1n) is 7.80. The largest absolute Gasteiger partial charge is 0.329 e. The van der Waals surface area contributed by atoms with Crippen LogP contribution >= 0.6 is 0 Å². The van der Waals surface area contributed by atoms with Crippen molar-refractivity contribution in [2.45, 2.75) is 12.8 Å². The lowest BCUT2D eigenvalue weighted by atomic mass is 10.0. The standard InChI is InChI=1S/C19H18N4/c1-23-17-7-3-5-15(13-17)9-8-14-4-2-6-16(12-14)21-19-20-11-10-18(23)22-19/h2-7,10-13H,8-9H2,1H3,(H,20,21,22). The maximum atomic E-state index is 4.63. The average molecular weight is 302 g/mol. The van der Waals surface area contributed by atoms with Crippen molar-refractivity contribution in [1.82, 2.24) is 9.97 Å². The Morgan fingerprint density at radius 1 is 0.957 bits per heavy atom. The molecule has 2 heterocycles. The van der Waals surface area contributed by atoms with Crippen LogP contribution in [-0.2, 0) is 12.8 Å². The van der Waals surface area contributed by atoms with Gasteiger partial charge in [0.05, 0.1) is 0 Å². The zero-order valence-electron chi connectivity index (χ0n) is 13.0. The van der Waals surface area contributed by atoms with Crippen molar-refractivity contribution in [1.29, 1.82) is 0 Å². The summed E-state index contributed by atoms with van der Waals surface area (Å²) in [6.07, 6.45) is 3.82. The Morgan fingerprint density at radius 3 is 2.61 bits per heavy atom. The van der Waals surface area contributed by atoms with Crippen LogP contribution in [0.15, 0.2) is 60.8 Å². The molecule has 3 aromatic rings. The highest BCUT2D eigenvalue weighted by atomic mass is 15.2. The van der Waals surface area contributed by atoms with Gasteiger partial charge in [-0.15, -0.1) is 0 Å². The molecule has 6 bridgehead atoms. The Bertz CT molecular complexity index is 844. The van der Waals surface area contributed by atoms with Gasteiger partial charge in [0.2, 0.25) is 5.95 Å². The van der Waals surface area contributed by atoms with Crippen LogP contribution in [0.25, 0.3) is 0 Å². The van der Waals surface area contributed by atoms with E-state index in [0.29, 0.717) is 5.95 Å². The summed E-state index contributed by atoms with van der Waals surface area (Å²) >= 11 is 0. The number of aryl methyl sites for hydroxylation is 2. The van der Waals surface area contributed by atoms with Gasteiger partial charge in [0.25, 0.3) is 0 Å². The minimum atomic E-state index is 0.613. The van der Waals surface area contributed by atoms with E-state index in [1.165, 1.54) is 11.1 Å². The molecular weight excluding hydrogens is 284 g/mol. The molecule has 4 heteroatoms. The minimum Gasteiger partial charge on any atom is -0.329 e. The maximum absolute atomic E-state index is 4.63. The van der Waals surface area contributed by atoms with Crippen molar-refractivity contribution < 1.29 is 0 Å². The Morgan fingerprint density at radius 2 is 1.74 bits per heavy atom. The fourth-order valence-corrected chi connectivity index (χ4v) is 2.87. The molecule has 0 fully saturated rings. The summed E-state index contributed by atoms with van der Waals surface area (Å²) in [4.78, 5) is 11.0. The lowest BCUT2D eigenvalue weighted by Gasteiger charge is -2.19. The van der Waals surface area contributed by atoms with Gasteiger partial charge in [-0.05, 0) is 54.3 Å². The van der Waals surface area contributed by atoms with Crippen LogP contribution in [0.2, 0.25) is 0 Å². The van der Waals surface area contributed by atoms with E-state index in [0.717, 1.165) is 30.0 Å². The second-order valence-electron chi connectivity index (χ2n) is 5.79. The van der Waals surface area contributed by atoms with Crippen molar-refractivity contribution in [3.63, 3.8) is 0 Å². The molecule has 0 atom stereocenters. The molecule has 23 heavy (non-hydrogen) atoms. The summed E-state index contributed by atoms with van der Waals surface area (Å²) < 4.78 is 0. The van der Waals surface area contributed by atoms with E-state index in [2.05, 4.69) is 62.6 Å². The smallest absolute Gasteiger partial charge is 0.229 e. The number of rotatable bonds is 0. The number of nitrogens with zero attached hydrogens (tertiary/aromatic N) is 3. The molecule has 0 radical (unpaired) electrons. The van der Waals surface area contributed by atoms with E-state index in [1.807, 2.05) is 19.2 Å². The average Bonchev–Trinajstić information content (AvgIpc) is 2.60. The third-order valence-electron chi connectivity index (χ3n) is 4.17. The first-order valence-corrected chi connectivity index (χ1v) is 7.80. The molecule has 1 aromatic heterocycles. The summed E-state index contributed by atoms with van der Waals surface area (Å²) in [6.45, 7) is 0. The highest BCUT2D eigenvalue weighted by Gasteiger charge is 2.09. The van der Waals surface area contributed by atoms with Crippen molar-refractivity contribution in [2.24, 2.45) is 0 Å². The maximum Gasteiger partial charge on any atom is 0.229 e. The second-order valence-corrected chi connectivity index (χ2v) is 5.79. The summed E-state index contributed by atoms with van der Waals surface area (Å²) in [6, 6.07) is 19.0. The molecule has 114 valence electrons. The van der Waals surface area contributed by atoms with E-state index >= 15 is 0 Å². The van der Waals surface area contributed by atoms with E-state index in [1.54, 1.807) is 6.20 Å². The van der Waals surface area contributed by atoms with E-state index in [9.17, 15) is 0 Å². The molecule has 0 saturated heterocycles. The van der Waals surface area contributed by atoms with Crippen molar-refractivity contribution in [3.05, 3.63) is 71.9 Å². The number of aromatic nitrogens is 2. The Balaban J connectivity index is 1.84. The number of nitrogens with one attached hydrogen (secondary N) is 1. The van der Waals surface area contributed by atoms with Crippen LogP contribution in [0, 0.1) is 0 Å². The Kier molecular flexibility index (Phi) is 3.42. The molecule has 1 aliphatic heterocycles. The van der Waals surface area contributed by atoms with Crippen LogP contribution in [0.4, 0.5) is 23.1 Å². The predicted octanol–water partition coefficient (Wildman–Crippen LogP) is 4.09. The summed E-state index contributed by atoms with van der Waals surface area (Å²) in [5, 5.41) is 3.30. The molecular formula is C19H18N4. The molecule has 1 N–H and O–H groups in total. The van der Waals surface area contributed by atoms with Gasteiger partial charge in [0.15, 0.2) is 0 Å². The Labute approximate surface area is 135 Å². The molecule has 0 spiro atoms. The molecule has 4 rings (SSSR count). The van der Waals surface area contributed by atoms with Gasteiger partial charge >= 0.3 is 0 Å². The number of hydrogen-bond acceptors (Lipinski definition) is 4. The van der Waals surface area contributed by atoms with Crippen molar-refractivity contribution in [3.8, 4) is 0 Å². The van der Waals surface area contributed by atoms with Crippen molar-refractivity contribution >= 4 is 23.1 Å². The summed E-state index contributed by atoms with van der Waals surface area (Å²) in [7, 11) is 2.03. The van der Waals surface area contributed by atoms with Crippen LogP contribution in [0.1, 0.15) is 11.1 Å². The van der Waals surface area contributed by atoms with Crippen LogP contribution in [-0.4, -0.2) is 17.0 Å². The third-order valence-corrected chi connectivity index (χ3v) is 4.17. The van der Waals surface area contributed by atoms with Crippen molar-refractivity contribution in [2.75, 3.05) is 17.3 Å². The van der Waals surface area contributed by atoms with E-state index in [4.69, 9.17) is 0 Å². The second kappa shape index (κ2) is 5.72. The summed E-state index contributed by atoms with van der Waals surface area (Å²) in [5.41, 5.74) is 4.80. The molecule has 0 aliphatic carbocycles.